The first-order valence-corrected chi connectivity index (χ1v) is 5.85. The molecule has 1 aromatic heterocycles. The molecule has 1 heterocycles. The van der Waals surface area contributed by atoms with Crippen molar-refractivity contribution in [2.24, 2.45) is 4.99 Å². The molecule has 2 aromatic rings. The van der Waals surface area contributed by atoms with Gasteiger partial charge < -0.3 is 11.5 Å². The number of nitrogens with one attached hydrogen (secondary N) is 1. The van der Waals surface area contributed by atoms with Crippen LogP contribution in [0.1, 0.15) is 5.56 Å². The van der Waals surface area contributed by atoms with Gasteiger partial charge in [0.15, 0.2) is 5.84 Å². The van der Waals surface area contributed by atoms with Gasteiger partial charge in [0, 0.05) is 11.8 Å². The second kappa shape index (κ2) is 5.72. The fourth-order valence-corrected chi connectivity index (χ4v) is 1.70. The molecule has 6 nitrogen and oxygen atoms in total. The molecule has 0 atom stereocenters. The fraction of sp³-hybridized carbons (Fsp3) is 0. The zero-order valence-corrected chi connectivity index (χ0v) is 10.9. The summed E-state index contributed by atoms with van der Waals surface area (Å²) in [5.41, 5.74) is 14.1. The Kier molecular flexibility index (Phi) is 4.02. The summed E-state index contributed by atoms with van der Waals surface area (Å²) in [7, 11) is 0. The van der Waals surface area contributed by atoms with E-state index in [4.69, 9.17) is 23.1 Å². The average Bonchev–Trinajstić information content (AvgIpc) is 2.43. The Morgan fingerprint density at radius 2 is 2.10 bits per heavy atom. The molecular formula is C12H11ClFN5O. The van der Waals surface area contributed by atoms with Crippen molar-refractivity contribution >= 4 is 34.6 Å². The van der Waals surface area contributed by atoms with E-state index in [1.54, 1.807) is 0 Å². The lowest BCUT2D eigenvalue weighted by atomic mass is 10.2. The lowest BCUT2D eigenvalue weighted by Gasteiger charge is -2.09. The van der Waals surface area contributed by atoms with E-state index in [0.29, 0.717) is 11.3 Å². The molecule has 0 unspecified atom stereocenters. The number of nitrogen functional groups attached to an aromatic ring is 2. The highest BCUT2D eigenvalue weighted by molar-refractivity contribution is 6.31. The van der Waals surface area contributed by atoms with Gasteiger partial charge in [-0.1, -0.05) is 11.6 Å². The second-order valence-electron chi connectivity index (χ2n) is 3.83. The van der Waals surface area contributed by atoms with Crippen molar-refractivity contribution in [2.75, 3.05) is 11.5 Å². The molecule has 0 fully saturated rings. The molecule has 104 valence electrons. The average molecular weight is 296 g/mol. The normalized spacial score (nSPS) is 11.4. The van der Waals surface area contributed by atoms with E-state index in [9.17, 15) is 9.60 Å². The smallest absolute Gasteiger partial charge is 0.159 e. The quantitative estimate of drug-likeness (QED) is 0.385. The number of hydrogen-bond acceptors (Lipinski definition) is 5. The maximum Gasteiger partial charge on any atom is 0.159 e. The highest BCUT2D eigenvalue weighted by atomic mass is 35.5. The molecule has 2 rings (SSSR count). The number of rotatable bonds is 2. The summed E-state index contributed by atoms with van der Waals surface area (Å²) < 4.78 is 13.1. The van der Waals surface area contributed by atoms with Gasteiger partial charge in [0.1, 0.15) is 11.6 Å². The highest BCUT2D eigenvalue weighted by Crippen LogP contribution is 2.23. The Balaban J connectivity index is 2.48. The van der Waals surface area contributed by atoms with Crippen LogP contribution in [0.2, 0.25) is 5.02 Å². The zero-order valence-electron chi connectivity index (χ0n) is 10.1. The number of hydrogen-bond donors (Lipinski definition) is 4. The van der Waals surface area contributed by atoms with Crippen LogP contribution in [0.4, 0.5) is 21.6 Å². The van der Waals surface area contributed by atoms with Gasteiger partial charge in [-0.05, 0) is 24.3 Å². The third-order valence-corrected chi connectivity index (χ3v) is 2.82. The number of nitrogens with two attached hydrogens (primary N) is 2. The Labute approximate surface area is 118 Å². The van der Waals surface area contributed by atoms with Gasteiger partial charge in [-0.3, -0.25) is 10.7 Å². The topological polar surface area (TPSA) is 110 Å². The number of benzene rings is 1. The lowest BCUT2D eigenvalue weighted by molar-refractivity contribution is 0.235. The van der Waals surface area contributed by atoms with E-state index < -0.39 is 5.82 Å². The molecule has 0 saturated heterocycles. The number of nitrogens with zero attached hydrogens (tertiary/aromatic N) is 2. The highest BCUT2D eigenvalue weighted by Gasteiger charge is 2.10. The van der Waals surface area contributed by atoms with Gasteiger partial charge >= 0.3 is 0 Å². The summed E-state index contributed by atoms with van der Waals surface area (Å²) in [6.07, 6.45) is 1.42. The number of aliphatic imine (C=N–C) groups is 1. The first kappa shape index (κ1) is 14.0. The molecule has 20 heavy (non-hydrogen) atoms. The SMILES string of the molecule is Nc1nccc(C(=Nc2ccc(F)c(Cl)c2)NO)c1N. The summed E-state index contributed by atoms with van der Waals surface area (Å²) in [6.45, 7) is 0. The number of amidine groups is 1. The summed E-state index contributed by atoms with van der Waals surface area (Å²) >= 11 is 5.66. The van der Waals surface area contributed by atoms with Crippen molar-refractivity contribution < 1.29 is 9.60 Å². The number of pyridine rings is 1. The standard InChI is InChI=1S/C12H11ClFN5O/c13-8-5-6(1-2-9(8)14)18-12(19-20)7-3-4-17-11(16)10(7)15/h1-5,20H,15H2,(H2,16,17)(H,18,19). The molecule has 0 saturated carbocycles. The summed E-state index contributed by atoms with van der Waals surface area (Å²) in [6, 6.07) is 5.41. The Morgan fingerprint density at radius 3 is 2.75 bits per heavy atom. The molecule has 0 amide bonds. The van der Waals surface area contributed by atoms with Crippen molar-refractivity contribution in [3.8, 4) is 0 Å². The largest absolute Gasteiger partial charge is 0.395 e. The molecule has 0 spiro atoms. The number of hydroxylamine groups is 1. The lowest BCUT2D eigenvalue weighted by Crippen LogP contribution is -2.22. The van der Waals surface area contributed by atoms with Crippen LogP contribution in [-0.4, -0.2) is 16.0 Å². The van der Waals surface area contributed by atoms with Gasteiger partial charge in [-0.2, -0.15) is 0 Å². The van der Waals surface area contributed by atoms with Crippen molar-refractivity contribution in [3.05, 3.63) is 46.9 Å². The Hall–Kier alpha value is -2.38. The minimum Gasteiger partial charge on any atom is -0.395 e. The maximum absolute atomic E-state index is 13.1. The van der Waals surface area contributed by atoms with Crippen LogP contribution in [0.15, 0.2) is 35.5 Å². The summed E-state index contributed by atoms with van der Waals surface area (Å²) in [5, 5.41) is 9.10. The Morgan fingerprint density at radius 1 is 1.35 bits per heavy atom. The van der Waals surface area contributed by atoms with Crippen molar-refractivity contribution in [3.63, 3.8) is 0 Å². The van der Waals surface area contributed by atoms with E-state index in [1.165, 1.54) is 30.5 Å². The molecule has 8 heteroatoms. The van der Waals surface area contributed by atoms with Crippen LogP contribution in [0.3, 0.4) is 0 Å². The minimum absolute atomic E-state index is 0.0410. The first-order valence-electron chi connectivity index (χ1n) is 5.47. The van der Waals surface area contributed by atoms with E-state index in [0.717, 1.165) is 0 Å². The van der Waals surface area contributed by atoms with Crippen LogP contribution in [0.25, 0.3) is 0 Å². The third kappa shape index (κ3) is 2.79. The zero-order chi connectivity index (χ0) is 14.7. The van der Waals surface area contributed by atoms with Crippen molar-refractivity contribution in [1.82, 2.24) is 10.5 Å². The third-order valence-electron chi connectivity index (χ3n) is 2.53. The predicted molar refractivity (Wildman–Crippen MR) is 75.6 cm³/mol. The second-order valence-corrected chi connectivity index (χ2v) is 4.24. The van der Waals surface area contributed by atoms with Gasteiger partial charge in [0.05, 0.1) is 16.4 Å². The monoisotopic (exact) mass is 295 g/mol. The van der Waals surface area contributed by atoms with Gasteiger partial charge in [-0.25, -0.2) is 14.4 Å². The summed E-state index contributed by atoms with van der Waals surface area (Å²) in [5.74, 6) is -0.404. The molecule has 0 aliphatic rings. The predicted octanol–water partition coefficient (Wildman–Crippen LogP) is 2.10. The summed E-state index contributed by atoms with van der Waals surface area (Å²) in [4.78, 5) is 7.90. The molecular weight excluding hydrogens is 285 g/mol. The molecule has 0 aliphatic heterocycles. The van der Waals surface area contributed by atoms with Crippen LogP contribution >= 0.6 is 11.6 Å². The van der Waals surface area contributed by atoms with E-state index in [1.807, 2.05) is 5.48 Å². The Bertz CT molecular complexity index is 677. The first-order chi connectivity index (χ1) is 9.52. The molecule has 6 N–H and O–H groups in total. The molecule has 0 bridgehead atoms. The van der Waals surface area contributed by atoms with Crippen LogP contribution in [0, 0.1) is 5.82 Å². The van der Waals surface area contributed by atoms with Crippen LogP contribution in [-0.2, 0) is 0 Å². The van der Waals surface area contributed by atoms with Gasteiger partial charge in [-0.15, -0.1) is 0 Å². The van der Waals surface area contributed by atoms with Crippen molar-refractivity contribution in [2.45, 2.75) is 0 Å². The van der Waals surface area contributed by atoms with Crippen LogP contribution in [0.5, 0.6) is 0 Å². The van der Waals surface area contributed by atoms with Gasteiger partial charge in [0.2, 0.25) is 0 Å². The van der Waals surface area contributed by atoms with E-state index >= 15 is 0 Å². The molecule has 1 aromatic carbocycles. The van der Waals surface area contributed by atoms with Gasteiger partial charge in [0.25, 0.3) is 0 Å². The van der Waals surface area contributed by atoms with E-state index in [2.05, 4.69) is 9.98 Å². The molecule has 0 radical (unpaired) electrons. The number of anilines is 2. The van der Waals surface area contributed by atoms with Crippen LogP contribution < -0.4 is 16.9 Å². The number of halogens is 2. The van der Waals surface area contributed by atoms with Crippen molar-refractivity contribution in [1.29, 1.82) is 0 Å². The minimum atomic E-state index is -0.559. The number of aromatic nitrogens is 1. The fourth-order valence-electron chi connectivity index (χ4n) is 1.53. The van der Waals surface area contributed by atoms with E-state index in [-0.39, 0.29) is 22.4 Å². The maximum atomic E-state index is 13.1. The molecule has 0 aliphatic carbocycles.